The van der Waals surface area contributed by atoms with Crippen LogP contribution >= 0.6 is 0 Å². The first-order valence-corrected chi connectivity index (χ1v) is 7.30. The van der Waals surface area contributed by atoms with E-state index in [1.54, 1.807) is 35.6 Å². The van der Waals surface area contributed by atoms with Crippen molar-refractivity contribution in [3.8, 4) is 0 Å². The molecule has 6 nitrogen and oxygen atoms in total. The summed E-state index contributed by atoms with van der Waals surface area (Å²) in [5, 5.41) is 0.654. The van der Waals surface area contributed by atoms with Crippen molar-refractivity contribution in [2.45, 2.75) is 12.5 Å². The molecule has 1 saturated heterocycles. The van der Waals surface area contributed by atoms with Gasteiger partial charge in [0, 0.05) is 24.5 Å². The number of carbonyl (C=O) groups is 2. The molecule has 1 atom stereocenters. The first-order valence-electron chi connectivity index (χ1n) is 7.30. The van der Waals surface area contributed by atoms with Gasteiger partial charge >= 0.3 is 0 Å². The normalized spacial score (nSPS) is 21.6. The van der Waals surface area contributed by atoms with E-state index in [2.05, 4.69) is 0 Å². The molecule has 0 unspecified atom stereocenters. The number of aromatic nitrogens is 1. The van der Waals surface area contributed by atoms with Crippen molar-refractivity contribution in [1.82, 2.24) is 9.47 Å². The summed E-state index contributed by atoms with van der Waals surface area (Å²) >= 11 is 0. The first kappa shape index (κ1) is 15.5. The molecule has 23 heavy (non-hydrogen) atoms. The van der Waals surface area contributed by atoms with Crippen LogP contribution in [0.3, 0.4) is 0 Å². The Morgan fingerprint density at radius 1 is 1.35 bits per heavy atom. The molecule has 1 aromatic carbocycles. The zero-order valence-electron chi connectivity index (χ0n) is 13.0. The summed E-state index contributed by atoms with van der Waals surface area (Å²) in [6.45, 7) is 2.28. The number of rotatable bonds is 2. The molecule has 7 heteroatoms. The van der Waals surface area contributed by atoms with Crippen LogP contribution in [0, 0.1) is 5.82 Å². The number of benzene rings is 1. The van der Waals surface area contributed by atoms with Crippen LogP contribution < -0.4 is 5.73 Å². The molecule has 3 rings (SSSR count). The van der Waals surface area contributed by atoms with E-state index in [0.29, 0.717) is 17.6 Å². The third kappa shape index (κ3) is 2.57. The molecule has 2 aromatic rings. The molecule has 1 fully saturated rings. The van der Waals surface area contributed by atoms with E-state index in [0.717, 1.165) is 5.52 Å². The fourth-order valence-corrected chi connectivity index (χ4v) is 2.88. The van der Waals surface area contributed by atoms with Gasteiger partial charge in [0.25, 0.3) is 11.8 Å². The van der Waals surface area contributed by atoms with E-state index in [9.17, 15) is 14.0 Å². The summed E-state index contributed by atoms with van der Waals surface area (Å²) in [4.78, 5) is 25.9. The number of morpholine rings is 1. The predicted molar refractivity (Wildman–Crippen MR) is 82.3 cm³/mol. The maximum Gasteiger partial charge on any atom is 0.270 e. The fourth-order valence-electron chi connectivity index (χ4n) is 2.88. The Morgan fingerprint density at radius 2 is 2.09 bits per heavy atom. The number of hydrogen-bond donors (Lipinski definition) is 1. The number of carbonyl (C=O) groups excluding carboxylic acids is 2. The van der Waals surface area contributed by atoms with Crippen LogP contribution in [0.25, 0.3) is 10.9 Å². The number of primary amides is 1. The maximum absolute atomic E-state index is 13.4. The lowest BCUT2D eigenvalue weighted by atomic mass is 10.0. The standard InChI is InChI=1S/C16H18FN3O3/c1-16(15(18)22)9-20(5-6-23-16)14(21)13-8-10-7-11(17)3-4-12(10)19(13)2/h3-4,7-8H,5-6,9H2,1-2H3,(H2,18,22)/t16-/m0/s1. The van der Waals surface area contributed by atoms with E-state index in [1.165, 1.54) is 12.1 Å². The number of fused-ring (bicyclic) bond motifs is 1. The molecule has 122 valence electrons. The molecule has 0 radical (unpaired) electrons. The number of ether oxygens (including phenoxy) is 1. The zero-order valence-corrected chi connectivity index (χ0v) is 13.0. The van der Waals surface area contributed by atoms with Crippen molar-refractivity contribution >= 4 is 22.7 Å². The molecule has 2 heterocycles. The van der Waals surface area contributed by atoms with Crippen molar-refractivity contribution in [3.05, 3.63) is 35.8 Å². The van der Waals surface area contributed by atoms with E-state index in [4.69, 9.17) is 10.5 Å². The quantitative estimate of drug-likeness (QED) is 0.898. The number of aryl methyl sites for hydroxylation is 1. The minimum absolute atomic E-state index is 0.0943. The summed E-state index contributed by atoms with van der Waals surface area (Å²) in [7, 11) is 1.75. The van der Waals surface area contributed by atoms with Gasteiger partial charge in [-0.15, -0.1) is 0 Å². The summed E-state index contributed by atoms with van der Waals surface area (Å²) in [5.74, 6) is -1.19. The number of halogens is 1. The van der Waals surface area contributed by atoms with Gasteiger partial charge in [-0.3, -0.25) is 9.59 Å². The van der Waals surface area contributed by atoms with Gasteiger partial charge in [-0.25, -0.2) is 4.39 Å². The summed E-state index contributed by atoms with van der Waals surface area (Å²) in [6.07, 6.45) is 0. The third-order valence-electron chi connectivity index (χ3n) is 4.31. The van der Waals surface area contributed by atoms with Gasteiger partial charge in [0.05, 0.1) is 13.2 Å². The van der Waals surface area contributed by atoms with Gasteiger partial charge < -0.3 is 19.9 Å². The lowest BCUT2D eigenvalue weighted by molar-refractivity contribution is -0.150. The molecule has 1 aliphatic rings. The Bertz CT molecular complexity index is 801. The van der Waals surface area contributed by atoms with Crippen molar-refractivity contribution in [2.75, 3.05) is 19.7 Å². The number of nitrogens with two attached hydrogens (primary N) is 1. The van der Waals surface area contributed by atoms with E-state index in [-0.39, 0.29) is 24.9 Å². The van der Waals surface area contributed by atoms with Gasteiger partial charge in [0.15, 0.2) is 5.60 Å². The molecule has 0 aliphatic carbocycles. The predicted octanol–water partition coefficient (Wildman–Crippen LogP) is 1.03. The topological polar surface area (TPSA) is 77.6 Å². The Kier molecular flexibility index (Phi) is 3.60. The average Bonchev–Trinajstić information content (AvgIpc) is 2.82. The Balaban J connectivity index is 1.94. The van der Waals surface area contributed by atoms with Crippen LogP contribution in [0.15, 0.2) is 24.3 Å². The van der Waals surface area contributed by atoms with Gasteiger partial charge in [0.1, 0.15) is 11.5 Å². The van der Waals surface area contributed by atoms with E-state index < -0.39 is 11.5 Å². The molecule has 2 N–H and O–H groups in total. The van der Waals surface area contributed by atoms with Crippen molar-refractivity contribution in [1.29, 1.82) is 0 Å². The average molecular weight is 319 g/mol. The number of amides is 2. The second-order valence-electron chi connectivity index (χ2n) is 5.96. The minimum atomic E-state index is -1.19. The Hall–Kier alpha value is -2.41. The molecule has 0 saturated carbocycles. The van der Waals surface area contributed by atoms with Crippen LogP contribution in [0.5, 0.6) is 0 Å². The SMILES string of the molecule is Cn1c(C(=O)N2CCO[C@](C)(C(N)=O)C2)cc2cc(F)ccc21. The fraction of sp³-hybridized carbons (Fsp3) is 0.375. The smallest absolute Gasteiger partial charge is 0.270 e. The molecule has 1 aromatic heterocycles. The molecule has 0 spiro atoms. The molecular formula is C16H18FN3O3. The zero-order chi connectivity index (χ0) is 16.8. The number of nitrogens with zero attached hydrogens (tertiary/aromatic N) is 2. The van der Waals surface area contributed by atoms with Crippen molar-refractivity contribution in [3.63, 3.8) is 0 Å². The summed E-state index contributed by atoms with van der Waals surface area (Å²) < 4.78 is 20.5. The lowest BCUT2D eigenvalue weighted by Gasteiger charge is -2.38. The van der Waals surface area contributed by atoms with Crippen LogP contribution in [0.1, 0.15) is 17.4 Å². The highest BCUT2D eigenvalue weighted by atomic mass is 19.1. The highest BCUT2D eigenvalue weighted by Crippen LogP contribution is 2.23. The lowest BCUT2D eigenvalue weighted by Crippen LogP contribution is -2.58. The minimum Gasteiger partial charge on any atom is -0.367 e. The van der Waals surface area contributed by atoms with Crippen molar-refractivity contribution < 1.29 is 18.7 Å². The summed E-state index contributed by atoms with van der Waals surface area (Å²) in [5.41, 5.74) is 5.37. The van der Waals surface area contributed by atoms with Gasteiger partial charge in [-0.1, -0.05) is 0 Å². The van der Waals surface area contributed by atoms with E-state index >= 15 is 0 Å². The van der Waals surface area contributed by atoms with Crippen LogP contribution in [0.4, 0.5) is 4.39 Å². The molecule has 0 bridgehead atoms. The molecule has 1 aliphatic heterocycles. The molecule has 2 amide bonds. The maximum atomic E-state index is 13.4. The number of hydrogen-bond acceptors (Lipinski definition) is 3. The second kappa shape index (κ2) is 5.34. The van der Waals surface area contributed by atoms with Gasteiger partial charge in [-0.05, 0) is 31.2 Å². The van der Waals surface area contributed by atoms with Gasteiger partial charge in [-0.2, -0.15) is 0 Å². The van der Waals surface area contributed by atoms with Crippen LogP contribution in [-0.2, 0) is 16.6 Å². The van der Waals surface area contributed by atoms with Crippen LogP contribution in [0.2, 0.25) is 0 Å². The first-order chi connectivity index (χ1) is 10.8. The highest BCUT2D eigenvalue weighted by molar-refractivity contribution is 5.99. The highest BCUT2D eigenvalue weighted by Gasteiger charge is 2.39. The van der Waals surface area contributed by atoms with Gasteiger partial charge in [0.2, 0.25) is 0 Å². The third-order valence-corrected chi connectivity index (χ3v) is 4.31. The summed E-state index contributed by atoms with van der Waals surface area (Å²) in [6, 6.07) is 6.03. The largest absolute Gasteiger partial charge is 0.367 e. The second-order valence-corrected chi connectivity index (χ2v) is 5.96. The van der Waals surface area contributed by atoms with Crippen LogP contribution in [-0.4, -0.2) is 46.6 Å². The monoisotopic (exact) mass is 319 g/mol. The Labute approximate surface area is 132 Å². The van der Waals surface area contributed by atoms with Crippen molar-refractivity contribution in [2.24, 2.45) is 12.8 Å². The molecular weight excluding hydrogens is 301 g/mol. The Morgan fingerprint density at radius 3 is 2.78 bits per heavy atom. The van der Waals surface area contributed by atoms with E-state index in [1.807, 2.05) is 0 Å².